The number of aromatic amines is 1. The zero-order valence-electron chi connectivity index (χ0n) is 12.1. The van der Waals surface area contributed by atoms with E-state index in [1.54, 1.807) is 0 Å². The molecule has 1 fully saturated rings. The lowest BCUT2D eigenvalue weighted by Crippen LogP contribution is -2.32. The van der Waals surface area contributed by atoms with E-state index < -0.39 is 0 Å². The maximum absolute atomic E-state index is 12.4. The number of rotatable bonds is 1. The number of carbonyl (C=O) groups is 1. The maximum Gasteiger partial charge on any atom is 0.259 e. The maximum atomic E-state index is 12.4. The minimum atomic E-state index is 0.000749. The lowest BCUT2D eigenvalue weighted by Gasteiger charge is -2.29. The molecule has 19 heavy (non-hydrogen) atoms. The summed E-state index contributed by atoms with van der Waals surface area (Å²) in [4.78, 5) is 14.3. The van der Waals surface area contributed by atoms with Gasteiger partial charge in [-0.05, 0) is 30.6 Å². The summed E-state index contributed by atoms with van der Waals surface area (Å²) < 4.78 is 0. The SMILES string of the molecule is CC(C)(C)C1CCCN(C(=O)c2cn[nH]c2N)CC1. The summed E-state index contributed by atoms with van der Waals surface area (Å²) in [5, 5.41) is 6.44. The van der Waals surface area contributed by atoms with E-state index in [0.29, 0.717) is 22.7 Å². The third kappa shape index (κ3) is 3.08. The van der Waals surface area contributed by atoms with Crippen molar-refractivity contribution in [1.82, 2.24) is 15.1 Å². The molecule has 5 heteroatoms. The minimum absolute atomic E-state index is 0.000749. The molecule has 0 saturated carbocycles. The van der Waals surface area contributed by atoms with Crippen molar-refractivity contribution in [3.05, 3.63) is 11.8 Å². The van der Waals surface area contributed by atoms with E-state index >= 15 is 0 Å². The Morgan fingerprint density at radius 3 is 2.74 bits per heavy atom. The first-order valence-corrected chi connectivity index (χ1v) is 6.97. The van der Waals surface area contributed by atoms with Crippen LogP contribution in [0.5, 0.6) is 0 Å². The predicted octanol–water partition coefficient (Wildman–Crippen LogP) is 2.28. The van der Waals surface area contributed by atoms with Crippen LogP contribution in [0, 0.1) is 11.3 Å². The van der Waals surface area contributed by atoms with Crippen molar-refractivity contribution in [2.75, 3.05) is 18.8 Å². The third-order valence-corrected chi connectivity index (χ3v) is 4.14. The van der Waals surface area contributed by atoms with Gasteiger partial charge in [0.25, 0.3) is 5.91 Å². The largest absolute Gasteiger partial charge is 0.383 e. The zero-order valence-corrected chi connectivity index (χ0v) is 12.1. The highest BCUT2D eigenvalue weighted by Crippen LogP contribution is 2.34. The van der Waals surface area contributed by atoms with Crippen molar-refractivity contribution in [1.29, 1.82) is 0 Å². The Labute approximate surface area is 114 Å². The number of nitrogens with zero attached hydrogens (tertiary/aromatic N) is 2. The van der Waals surface area contributed by atoms with E-state index in [9.17, 15) is 4.79 Å². The van der Waals surface area contributed by atoms with Crippen LogP contribution in [-0.4, -0.2) is 34.1 Å². The van der Waals surface area contributed by atoms with Gasteiger partial charge in [0, 0.05) is 13.1 Å². The number of hydrogen-bond acceptors (Lipinski definition) is 3. The summed E-state index contributed by atoms with van der Waals surface area (Å²) in [6, 6.07) is 0. The van der Waals surface area contributed by atoms with Crippen molar-refractivity contribution < 1.29 is 4.79 Å². The molecule has 0 spiro atoms. The highest BCUT2D eigenvalue weighted by molar-refractivity contribution is 5.98. The second kappa shape index (κ2) is 5.23. The monoisotopic (exact) mass is 264 g/mol. The number of hydrogen-bond donors (Lipinski definition) is 2. The topological polar surface area (TPSA) is 75.0 Å². The smallest absolute Gasteiger partial charge is 0.259 e. The molecular weight excluding hydrogens is 240 g/mol. The molecule has 1 amide bonds. The summed E-state index contributed by atoms with van der Waals surface area (Å²) in [6.07, 6.45) is 4.83. The summed E-state index contributed by atoms with van der Waals surface area (Å²) in [7, 11) is 0. The van der Waals surface area contributed by atoms with E-state index in [2.05, 4.69) is 31.0 Å². The number of anilines is 1. The molecule has 0 aliphatic carbocycles. The Kier molecular flexibility index (Phi) is 3.83. The molecule has 2 rings (SSSR count). The molecule has 1 aromatic heterocycles. The Hall–Kier alpha value is -1.52. The Morgan fingerprint density at radius 1 is 1.42 bits per heavy atom. The molecule has 0 aromatic carbocycles. The van der Waals surface area contributed by atoms with E-state index in [0.717, 1.165) is 25.9 Å². The average molecular weight is 264 g/mol. The van der Waals surface area contributed by atoms with E-state index in [1.165, 1.54) is 12.6 Å². The predicted molar refractivity (Wildman–Crippen MR) is 75.7 cm³/mol. The van der Waals surface area contributed by atoms with Crippen LogP contribution in [0.2, 0.25) is 0 Å². The van der Waals surface area contributed by atoms with Crippen LogP contribution in [-0.2, 0) is 0 Å². The van der Waals surface area contributed by atoms with Gasteiger partial charge in [0.05, 0.1) is 6.20 Å². The third-order valence-electron chi connectivity index (χ3n) is 4.14. The Bertz CT molecular complexity index is 447. The molecule has 1 aliphatic heterocycles. The van der Waals surface area contributed by atoms with Crippen molar-refractivity contribution in [3.63, 3.8) is 0 Å². The fraction of sp³-hybridized carbons (Fsp3) is 0.714. The van der Waals surface area contributed by atoms with E-state index in [4.69, 9.17) is 5.73 Å². The molecule has 1 aliphatic rings. The van der Waals surface area contributed by atoms with Crippen LogP contribution in [0.4, 0.5) is 5.82 Å². The Balaban J connectivity index is 2.04. The number of nitrogens with one attached hydrogen (secondary N) is 1. The molecule has 1 aromatic rings. The van der Waals surface area contributed by atoms with Crippen LogP contribution in [0.25, 0.3) is 0 Å². The standard InChI is InChI=1S/C14H24N4O/c1-14(2,3)10-5-4-7-18(8-6-10)13(19)11-9-16-17-12(11)15/h9-10H,4-8H2,1-3H3,(H3,15,16,17). The van der Waals surface area contributed by atoms with Crippen LogP contribution in [0.15, 0.2) is 6.20 Å². The Morgan fingerprint density at radius 2 is 2.16 bits per heavy atom. The van der Waals surface area contributed by atoms with Gasteiger partial charge in [-0.1, -0.05) is 20.8 Å². The van der Waals surface area contributed by atoms with E-state index in [-0.39, 0.29) is 5.91 Å². The molecule has 1 unspecified atom stereocenters. The first kappa shape index (κ1) is 13.9. The van der Waals surface area contributed by atoms with Crippen molar-refractivity contribution >= 4 is 11.7 Å². The molecule has 1 atom stereocenters. The fourth-order valence-corrected chi connectivity index (χ4v) is 2.80. The van der Waals surface area contributed by atoms with Crippen LogP contribution in [0.3, 0.4) is 0 Å². The molecule has 106 valence electrons. The van der Waals surface area contributed by atoms with E-state index in [1.807, 2.05) is 4.90 Å². The number of carbonyl (C=O) groups excluding carboxylic acids is 1. The van der Waals surface area contributed by atoms with Gasteiger partial charge in [0.15, 0.2) is 0 Å². The lowest BCUT2D eigenvalue weighted by atomic mass is 9.77. The van der Waals surface area contributed by atoms with Crippen molar-refractivity contribution in [3.8, 4) is 0 Å². The highest BCUT2D eigenvalue weighted by Gasteiger charge is 2.29. The lowest BCUT2D eigenvalue weighted by molar-refractivity contribution is 0.0756. The van der Waals surface area contributed by atoms with Gasteiger partial charge in [0.2, 0.25) is 0 Å². The van der Waals surface area contributed by atoms with Crippen LogP contribution < -0.4 is 5.73 Å². The van der Waals surface area contributed by atoms with Gasteiger partial charge in [-0.25, -0.2) is 0 Å². The number of nitrogens with two attached hydrogens (primary N) is 1. The first-order chi connectivity index (χ1) is 8.89. The zero-order chi connectivity index (χ0) is 14.0. The van der Waals surface area contributed by atoms with Gasteiger partial charge < -0.3 is 10.6 Å². The molecule has 1 saturated heterocycles. The van der Waals surface area contributed by atoms with Crippen molar-refractivity contribution in [2.24, 2.45) is 11.3 Å². The van der Waals surface area contributed by atoms with Crippen LogP contribution >= 0.6 is 0 Å². The van der Waals surface area contributed by atoms with Gasteiger partial charge >= 0.3 is 0 Å². The summed E-state index contributed by atoms with van der Waals surface area (Å²) in [5.41, 5.74) is 6.53. The quantitative estimate of drug-likeness (QED) is 0.817. The molecule has 2 heterocycles. The molecule has 0 bridgehead atoms. The molecule has 5 nitrogen and oxygen atoms in total. The minimum Gasteiger partial charge on any atom is -0.383 e. The molecule has 3 N–H and O–H groups in total. The molecular formula is C14H24N4O. The normalized spacial score (nSPS) is 21.2. The highest BCUT2D eigenvalue weighted by atomic mass is 16.2. The number of likely N-dealkylation sites (tertiary alicyclic amines) is 1. The summed E-state index contributed by atoms with van der Waals surface area (Å²) in [5.74, 6) is 1.04. The number of amides is 1. The fourth-order valence-electron chi connectivity index (χ4n) is 2.80. The summed E-state index contributed by atoms with van der Waals surface area (Å²) >= 11 is 0. The number of aromatic nitrogens is 2. The van der Waals surface area contributed by atoms with Gasteiger partial charge in [-0.15, -0.1) is 0 Å². The number of H-pyrrole nitrogens is 1. The van der Waals surface area contributed by atoms with Gasteiger partial charge in [-0.3, -0.25) is 9.89 Å². The van der Waals surface area contributed by atoms with Gasteiger partial charge in [0.1, 0.15) is 11.4 Å². The average Bonchev–Trinajstić information content (AvgIpc) is 2.62. The second-order valence-corrected chi connectivity index (χ2v) is 6.48. The van der Waals surface area contributed by atoms with Crippen LogP contribution in [0.1, 0.15) is 50.4 Å². The van der Waals surface area contributed by atoms with Gasteiger partial charge in [-0.2, -0.15) is 5.10 Å². The second-order valence-electron chi connectivity index (χ2n) is 6.48. The molecule has 0 radical (unpaired) electrons. The number of nitrogen functional groups attached to an aromatic ring is 1. The van der Waals surface area contributed by atoms with Crippen molar-refractivity contribution in [2.45, 2.75) is 40.0 Å². The summed E-state index contributed by atoms with van der Waals surface area (Å²) in [6.45, 7) is 8.47. The first-order valence-electron chi connectivity index (χ1n) is 6.97.